The summed E-state index contributed by atoms with van der Waals surface area (Å²) in [6.07, 6.45) is 9.63. The Labute approximate surface area is 185 Å². The number of carbonyl (C=O) groups is 2. The number of fused-ring (bicyclic) bond motifs is 4. The molecular weight excluding hydrogens is 413 g/mol. The van der Waals surface area contributed by atoms with Crippen molar-refractivity contribution in [1.29, 1.82) is 0 Å². The van der Waals surface area contributed by atoms with Gasteiger partial charge in [0.25, 0.3) is 11.8 Å². The molecule has 1 N–H and O–H groups in total. The lowest BCUT2D eigenvalue weighted by Gasteiger charge is -2.46. The van der Waals surface area contributed by atoms with Crippen LogP contribution in [0.5, 0.6) is 5.75 Å². The van der Waals surface area contributed by atoms with E-state index in [-0.39, 0.29) is 29.4 Å². The summed E-state index contributed by atoms with van der Waals surface area (Å²) < 4.78 is 19.1. The maximum absolute atomic E-state index is 13.5. The molecule has 4 aliphatic rings. The highest BCUT2D eigenvalue weighted by Gasteiger charge is 2.43. The second-order valence-electron chi connectivity index (χ2n) is 9.20. The number of rotatable bonds is 3. The molecule has 0 spiro atoms. The average Bonchev–Trinajstić information content (AvgIpc) is 2.92. The van der Waals surface area contributed by atoms with Crippen molar-refractivity contribution in [3.8, 4) is 5.75 Å². The summed E-state index contributed by atoms with van der Waals surface area (Å²) in [6.45, 7) is 1.85. The van der Waals surface area contributed by atoms with E-state index in [0.29, 0.717) is 0 Å². The monoisotopic (exact) mass is 439 g/mol. The van der Waals surface area contributed by atoms with Crippen molar-refractivity contribution in [3.05, 3.63) is 41.4 Å². The summed E-state index contributed by atoms with van der Waals surface area (Å²) in [6, 6.07) is 0.200. The molecule has 0 radical (unpaired) electrons. The van der Waals surface area contributed by atoms with Crippen molar-refractivity contribution in [2.75, 3.05) is 18.6 Å². The van der Waals surface area contributed by atoms with Crippen molar-refractivity contribution in [1.82, 2.24) is 20.3 Å². The number of amides is 2. The zero-order valence-electron chi connectivity index (χ0n) is 18.2. The summed E-state index contributed by atoms with van der Waals surface area (Å²) in [7, 11) is 1.51. The lowest BCUT2D eigenvalue weighted by Crippen LogP contribution is -2.50. The fraction of sp³-hybridized carbons (Fsp3) is 0.522. The van der Waals surface area contributed by atoms with Gasteiger partial charge < -0.3 is 10.1 Å². The van der Waals surface area contributed by atoms with Gasteiger partial charge in [-0.05, 0) is 56.9 Å². The van der Waals surface area contributed by atoms with Crippen LogP contribution in [-0.4, -0.2) is 46.5 Å². The fourth-order valence-electron chi connectivity index (χ4n) is 5.37. The number of ether oxygens (including phenoxy) is 1. The molecule has 6 rings (SSSR count). The van der Waals surface area contributed by atoms with Gasteiger partial charge in [-0.2, -0.15) is 0 Å². The largest absolute Gasteiger partial charge is 0.487 e. The quantitative estimate of drug-likeness (QED) is 0.790. The maximum atomic E-state index is 13.5. The maximum Gasteiger partial charge on any atom is 0.289 e. The van der Waals surface area contributed by atoms with E-state index in [0.717, 1.165) is 42.6 Å². The Balaban J connectivity index is 1.37. The number of likely N-dealkylation sites (N-methyl/N-ethyl adjacent to an activating group) is 1. The van der Waals surface area contributed by atoms with Crippen LogP contribution in [-0.2, 0) is 10.2 Å². The van der Waals surface area contributed by atoms with E-state index in [2.05, 4.69) is 15.3 Å². The third-order valence-corrected chi connectivity index (χ3v) is 7.23. The van der Waals surface area contributed by atoms with Crippen LogP contribution in [0, 0.1) is 18.7 Å². The Kier molecular flexibility index (Phi) is 5.06. The molecule has 1 aliphatic heterocycles. The number of nitrogens with one attached hydrogen (secondary N) is 1. The minimum Gasteiger partial charge on any atom is -0.487 e. The number of nitrogens with zero attached hydrogens (tertiary/aromatic N) is 4. The van der Waals surface area contributed by atoms with Gasteiger partial charge in [-0.25, -0.2) is 19.3 Å². The van der Waals surface area contributed by atoms with Gasteiger partial charge in [0.05, 0.1) is 11.9 Å². The van der Waals surface area contributed by atoms with Crippen LogP contribution in [0.15, 0.2) is 18.5 Å². The van der Waals surface area contributed by atoms with Crippen molar-refractivity contribution in [2.45, 2.75) is 56.9 Å². The van der Waals surface area contributed by atoms with Crippen LogP contribution in [0.4, 0.5) is 10.2 Å². The standard InChI is InChI=1S/C23H26FN5O3/c1-13-10-25-19(28-18(13)23-6-3-14(4-7-23)5-8-23)21(30)27-16-12-32-17-9-15(24)11-26-20(17)29(2)22(16)31/h9-11,14,16H,3-8,12H2,1-2H3,(H,27,30). The molecule has 1 atom stereocenters. The van der Waals surface area contributed by atoms with Gasteiger partial charge in [-0.15, -0.1) is 0 Å². The van der Waals surface area contributed by atoms with Gasteiger partial charge in [0, 0.05) is 24.7 Å². The molecule has 3 heterocycles. The summed E-state index contributed by atoms with van der Waals surface area (Å²) in [5.41, 5.74) is 1.98. The zero-order chi connectivity index (χ0) is 22.5. The van der Waals surface area contributed by atoms with Gasteiger partial charge in [0.1, 0.15) is 18.5 Å². The fourth-order valence-corrected chi connectivity index (χ4v) is 5.37. The molecule has 3 aliphatic carbocycles. The van der Waals surface area contributed by atoms with Crippen LogP contribution in [0.3, 0.4) is 0 Å². The van der Waals surface area contributed by atoms with E-state index in [1.54, 1.807) is 6.20 Å². The SMILES string of the molecule is Cc1cnc(C(=O)NC2COc3cc(F)cnc3N(C)C2=O)nc1C12CCC(CC1)CC2. The number of hydrogen-bond acceptors (Lipinski definition) is 6. The van der Waals surface area contributed by atoms with E-state index < -0.39 is 23.7 Å². The first kappa shape index (κ1) is 20.8. The number of anilines is 1. The average molecular weight is 439 g/mol. The van der Waals surface area contributed by atoms with Gasteiger partial charge in [0.15, 0.2) is 11.6 Å². The minimum atomic E-state index is -0.971. The summed E-state index contributed by atoms with van der Waals surface area (Å²) in [5.74, 6) is -0.280. The van der Waals surface area contributed by atoms with E-state index in [1.807, 2.05) is 6.92 Å². The zero-order valence-corrected chi connectivity index (χ0v) is 18.2. The highest BCUT2D eigenvalue weighted by Crippen LogP contribution is 2.51. The number of pyridine rings is 1. The molecule has 2 aromatic heterocycles. The first-order valence-corrected chi connectivity index (χ1v) is 11.1. The summed E-state index contributed by atoms with van der Waals surface area (Å²) in [4.78, 5) is 40.0. The lowest BCUT2D eigenvalue weighted by atomic mass is 9.59. The molecule has 2 aromatic rings. The van der Waals surface area contributed by atoms with Gasteiger partial charge in [-0.3, -0.25) is 14.5 Å². The van der Waals surface area contributed by atoms with Crippen molar-refractivity contribution < 1.29 is 18.7 Å². The molecular formula is C23H26FN5O3. The van der Waals surface area contributed by atoms with Crippen molar-refractivity contribution in [2.24, 2.45) is 5.92 Å². The highest BCUT2D eigenvalue weighted by molar-refractivity contribution is 6.01. The Bertz CT molecular complexity index is 1070. The molecule has 2 bridgehead atoms. The number of carbonyl (C=O) groups excluding carboxylic acids is 2. The minimum absolute atomic E-state index is 0.0235. The second kappa shape index (κ2) is 7.79. The summed E-state index contributed by atoms with van der Waals surface area (Å²) >= 11 is 0. The molecule has 2 amide bonds. The van der Waals surface area contributed by atoms with E-state index >= 15 is 0 Å². The smallest absolute Gasteiger partial charge is 0.289 e. The summed E-state index contributed by atoms with van der Waals surface area (Å²) in [5, 5.41) is 2.69. The molecule has 32 heavy (non-hydrogen) atoms. The number of aromatic nitrogens is 3. The highest BCUT2D eigenvalue weighted by atomic mass is 19.1. The number of halogens is 1. The van der Waals surface area contributed by atoms with Crippen LogP contribution in [0.25, 0.3) is 0 Å². The molecule has 1 unspecified atom stereocenters. The molecule has 0 aromatic carbocycles. The lowest BCUT2D eigenvalue weighted by molar-refractivity contribution is -0.120. The van der Waals surface area contributed by atoms with E-state index in [9.17, 15) is 14.0 Å². The molecule has 3 saturated carbocycles. The predicted molar refractivity (Wildman–Crippen MR) is 114 cm³/mol. The normalized spacial score (nSPS) is 26.8. The molecule has 168 valence electrons. The third kappa shape index (κ3) is 3.49. The molecule has 9 heteroatoms. The third-order valence-electron chi connectivity index (χ3n) is 7.23. The predicted octanol–water partition coefficient (Wildman–Crippen LogP) is 2.69. The number of aryl methyl sites for hydroxylation is 1. The molecule has 3 fully saturated rings. The Morgan fingerprint density at radius 2 is 1.94 bits per heavy atom. The van der Waals surface area contributed by atoms with Crippen molar-refractivity contribution >= 4 is 17.6 Å². The Hall–Kier alpha value is -3.10. The van der Waals surface area contributed by atoms with E-state index in [1.165, 1.54) is 37.3 Å². The van der Waals surface area contributed by atoms with Crippen LogP contribution < -0.4 is 15.0 Å². The molecule has 0 saturated heterocycles. The van der Waals surface area contributed by atoms with Crippen LogP contribution >= 0.6 is 0 Å². The topological polar surface area (TPSA) is 97.3 Å². The number of hydrogen-bond donors (Lipinski definition) is 1. The Morgan fingerprint density at radius 1 is 1.22 bits per heavy atom. The second-order valence-corrected chi connectivity index (χ2v) is 9.20. The van der Waals surface area contributed by atoms with Gasteiger partial charge in [0.2, 0.25) is 5.82 Å². The van der Waals surface area contributed by atoms with Crippen LogP contribution in [0.1, 0.15) is 60.4 Å². The Morgan fingerprint density at radius 3 is 2.66 bits per heavy atom. The van der Waals surface area contributed by atoms with Gasteiger partial charge in [-0.1, -0.05) is 0 Å². The first-order valence-electron chi connectivity index (χ1n) is 11.1. The molecule has 8 nitrogen and oxygen atoms in total. The van der Waals surface area contributed by atoms with Crippen LogP contribution in [0.2, 0.25) is 0 Å². The van der Waals surface area contributed by atoms with E-state index in [4.69, 9.17) is 9.72 Å². The van der Waals surface area contributed by atoms with Crippen molar-refractivity contribution in [3.63, 3.8) is 0 Å². The first-order chi connectivity index (χ1) is 15.4. The van der Waals surface area contributed by atoms with Gasteiger partial charge >= 0.3 is 0 Å².